The average Bonchev–Trinajstić information content (AvgIpc) is 2.49. The van der Waals surface area contributed by atoms with Crippen molar-refractivity contribution in [1.29, 1.82) is 0 Å². The minimum Gasteiger partial charge on any atom is -0.300 e. The maximum absolute atomic E-state index is 5.88. The molecule has 0 amide bonds. The zero-order chi connectivity index (χ0) is 8.89. The van der Waals surface area contributed by atoms with Crippen molar-refractivity contribution in [1.82, 2.24) is 10.4 Å². The highest BCUT2D eigenvalue weighted by molar-refractivity contribution is 6.29. The van der Waals surface area contributed by atoms with Crippen LogP contribution in [0.15, 0.2) is 11.2 Å². The van der Waals surface area contributed by atoms with Crippen molar-refractivity contribution in [2.45, 2.75) is 18.4 Å². The fourth-order valence-corrected chi connectivity index (χ4v) is 2.98. The van der Waals surface area contributed by atoms with Gasteiger partial charge in [0.25, 0.3) is 0 Å². The number of hydrogen-bond acceptors (Lipinski definition) is 3. The van der Waals surface area contributed by atoms with Crippen LogP contribution in [0.5, 0.6) is 0 Å². The Hall–Kier alpha value is -0.250. The van der Waals surface area contributed by atoms with Crippen LogP contribution in [-0.4, -0.2) is 30.1 Å². The molecule has 4 aliphatic heterocycles. The van der Waals surface area contributed by atoms with E-state index >= 15 is 0 Å². The van der Waals surface area contributed by atoms with Crippen molar-refractivity contribution in [3.63, 3.8) is 0 Å². The van der Waals surface area contributed by atoms with Gasteiger partial charge >= 0.3 is 0 Å². The van der Waals surface area contributed by atoms with E-state index in [1.807, 2.05) is 6.08 Å². The van der Waals surface area contributed by atoms with Gasteiger partial charge in [0.2, 0.25) is 0 Å². The van der Waals surface area contributed by atoms with Crippen LogP contribution in [0.3, 0.4) is 0 Å². The van der Waals surface area contributed by atoms with Gasteiger partial charge in [0.15, 0.2) is 0 Å². The van der Waals surface area contributed by atoms with Crippen molar-refractivity contribution in [2.75, 3.05) is 19.6 Å². The second-order valence-corrected chi connectivity index (χ2v) is 4.61. The monoisotopic (exact) mass is 200 g/mol. The van der Waals surface area contributed by atoms with Gasteiger partial charge in [0.1, 0.15) is 10.8 Å². The summed E-state index contributed by atoms with van der Waals surface area (Å²) in [4.78, 5) is 8.06. The second kappa shape index (κ2) is 2.62. The topological polar surface area (TPSA) is 24.5 Å². The fraction of sp³-hybridized carbons (Fsp3) is 0.778. The van der Waals surface area contributed by atoms with E-state index in [0.717, 1.165) is 6.54 Å². The summed E-state index contributed by atoms with van der Waals surface area (Å²) in [6.07, 6.45) is 4.52. The number of hydroxylamine groups is 1. The molecule has 4 heteroatoms. The number of halogens is 1. The van der Waals surface area contributed by atoms with Gasteiger partial charge in [-0.3, -0.25) is 15.2 Å². The van der Waals surface area contributed by atoms with Crippen LogP contribution in [0, 0.1) is 5.92 Å². The molecule has 0 aromatic carbocycles. The Balaban J connectivity index is 1.92. The normalized spacial score (nSPS) is 47.9. The fourth-order valence-electron chi connectivity index (χ4n) is 2.75. The summed E-state index contributed by atoms with van der Waals surface area (Å²) in [7, 11) is 0. The molecule has 0 aliphatic carbocycles. The Morgan fingerprint density at radius 2 is 2.31 bits per heavy atom. The maximum Gasteiger partial charge on any atom is 0.133 e. The molecule has 1 unspecified atom stereocenters. The van der Waals surface area contributed by atoms with E-state index in [9.17, 15) is 0 Å². The van der Waals surface area contributed by atoms with Gasteiger partial charge in [-0.2, -0.15) is 0 Å². The third-order valence-electron chi connectivity index (χ3n) is 3.46. The standard InChI is InChI=1S/C9H13ClN2O/c10-8-5-9(13-11-8)6-12-3-1-7(9)2-4-12/h5,7,11H,1-4,6H2. The summed E-state index contributed by atoms with van der Waals surface area (Å²) >= 11 is 5.88. The molecule has 4 heterocycles. The molecule has 0 radical (unpaired) electrons. The van der Waals surface area contributed by atoms with Crippen molar-refractivity contribution in [3.05, 3.63) is 11.2 Å². The number of nitrogens with zero attached hydrogens (tertiary/aromatic N) is 1. The molecule has 3 fully saturated rings. The van der Waals surface area contributed by atoms with Gasteiger partial charge in [-0.1, -0.05) is 11.6 Å². The van der Waals surface area contributed by atoms with Gasteiger partial charge in [0.05, 0.1) is 0 Å². The summed E-state index contributed by atoms with van der Waals surface area (Å²) in [6, 6.07) is 0. The Morgan fingerprint density at radius 1 is 1.54 bits per heavy atom. The van der Waals surface area contributed by atoms with Crippen LogP contribution >= 0.6 is 11.6 Å². The van der Waals surface area contributed by atoms with E-state index in [4.69, 9.17) is 16.4 Å². The summed E-state index contributed by atoms with van der Waals surface area (Å²) in [5, 5.41) is 0.647. The van der Waals surface area contributed by atoms with Crippen molar-refractivity contribution in [3.8, 4) is 0 Å². The van der Waals surface area contributed by atoms with E-state index in [-0.39, 0.29) is 5.60 Å². The third kappa shape index (κ3) is 1.11. The second-order valence-electron chi connectivity index (χ2n) is 4.20. The summed E-state index contributed by atoms with van der Waals surface area (Å²) in [5.41, 5.74) is 2.65. The highest BCUT2D eigenvalue weighted by Crippen LogP contribution is 2.41. The molecular weight excluding hydrogens is 188 g/mol. The first-order valence-electron chi connectivity index (χ1n) is 4.83. The molecule has 1 atom stereocenters. The Bertz CT molecular complexity index is 260. The minimum absolute atomic E-state index is 0.117. The van der Waals surface area contributed by atoms with E-state index in [2.05, 4.69) is 10.4 Å². The molecule has 3 nitrogen and oxygen atoms in total. The molecule has 1 spiro atoms. The van der Waals surface area contributed by atoms with Gasteiger partial charge in [-0.05, 0) is 37.9 Å². The van der Waals surface area contributed by atoms with Crippen LogP contribution in [0.4, 0.5) is 0 Å². The van der Waals surface area contributed by atoms with E-state index in [1.54, 1.807) is 0 Å². The lowest BCUT2D eigenvalue weighted by Crippen LogP contribution is -2.58. The highest BCUT2D eigenvalue weighted by Gasteiger charge is 2.49. The lowest BCUT2D eigenvalue weighted by Gasteiger charge is -2.49. The van der Waals surface area contributed by atoms with Crippen LogP contribution < -0.4 is 5.48 Å². The van der Waals surface area contributed by atoms with Crippen molar-refractivity contribution >= 4 is 11.6 Å². The quantitative estimate of drug-likeness (QED) is 0.592. The zero-order valence-electron chi connectivity index (χ0n) is 7.42. The summed E-state index contributed by atoms with van der Waals surface area (Å²) in [5.74, 6) is 0.654. The predicted octanol–water partition coefficient (Wildman–Crippen LogP) is 1.07. The first kappa shape index (κ1) is 8.09. The molecule has 1 N–H and O–H groups in total. The molecule has 2 bridgehead atoms. The van der Waals surface area contributed by atoms with Gasteiger partial charge in [-0.25, -0.2) is 0 Å². The molecule has 13 heavy (non-hydrogen) atoms. The lowest BCUT2D eigenvalue weighted by atomic mass is 9.75. The lowest BCUT2D eigenvalue weighted by molar-refractivity contribution is -0.137. The van der Waals surface area contributed by atoms with Crippen LogP contribution in [0.2, 0.25) is 0 Å². The number of piperidine rings is 3. The number of rotatable bonds is 0. The Morgan fingerprint density at radius 3 is 2.77 bits per heavy atom. The number of hydrogen-bond donors (Lipinski definition) is 1. The zero-order valence-corrected chi connectivity index (χ0v) is 8.18. The first-order valence-corrected chi connectivity index (χ1v) is 5.21. The molecule has 0 saturated carbocycles. The Kier molecular flexibility index (Phi) is 1.63. The SMILES string of the molecule is ClC1=CC2(CN3CCC2CC3)ON1. The number of fused-ring (bicyclic) bond motifs is 2. The predicted molar refractivity (Wildman–Crippen MR) is 50.1 cm³/mol. The molecule has 3 saturated heterocycles. The molecule has 72 valence electrons. The van der Waals surface area contributed by atoms with Crippen molar-refractivity contribution < 1.29 is 4.84 Å². The maximum atomic E-state index is 5.88. The van der Waals surface area contributed by atoms with E-state index in [1.165, 1.54) is 25.9 Å². The van der Waals surface area contributed by atoms with E-state index < -0.39 is 0 Å². The van der Waals surface area contributed by atoms with E-state index in [0.29, 0.717) is 11.1 Å². The van der Waals surface area contributed by atoms with Gasteiger partial charge in [0, 0.05) is 6.54 Å². The van der Waals surface area contributed by atoms with Crippen molar-refractivity contribution in [2.24, 2.45) is 5.92 Å². The molecule has 4 rings (SSSR count). The third-order valence-corrected chi connectivity index (χ3v) is 3.65. The van der Waals surface area contributed by atoms with Crippen LogP contribution in [-0.2, 0) is 4.84 Å². The largest absolute Gasteiger partial charge is 0.300 e. The first-order chi connectivity index (χ1) is 6.28. The molecular formula is C9H13ClN2O. The average molecular weight is 201 g/mol. The highest BCUT2D eigenvalue weighted by atomic mass is 35.5. The summed E-state index contributed by atoms with van der Waals surface area (Å²) in [6.45, 7) is 3.45. The van der Waals surface area contributed by atoms with Crippen LogP contribution in [0.25, 0.3) is 0 Å². The van der Waals surface area contributed by atoms with Gasteiger partial charge < -0.3 is 0 Å². The minimum atomic E-state index is -0.117. The molecule has 0 aromatic rings. The van der Waals surface area contributed by atoms with Crippen LogP contribution in [0.1, 0.15) is 12.8 Å². The van der Waals surface area contributed by atoms with Gasteiger partial charge in [-0.15, -0.1) is 0 Å². The number of nitrogens with one attached hydrogen (secondary N) is 1. The summed E-state index contributed by atoms with van der Waals surface area (Å²) < 4.78 is 0. The molecule has 4 aliphatic rings. The smallest absolute Gasteiger partial charge is 0.133 e. The molecule has 0 aromatic heterocycles. The Labute approximate surface area is 82.6 Å².